The van der Waals surface area contributed by atoms with Gasteiger partial charge >= 0.3 is 0 Å². The predicted molar refractivity (Wildman–Crippen MR) is 70.3 cm³/mol. The van der Waals surface area contributed by atoms with Gasteiger partial charge in [0.25, 0.3) is 11.8 Å². The summed E-state index contributed by atoms with van der Waals surface area (Å²) >= 11 is 0. The first-order chi connectivity index (χ1) is 8.84. The molecule has 2 amide bonds. The molecule has 0 saturated carbocycles. The molecule has 6 heteroatoms. The summed E-state index contributed by atoms with van der Waals surface area (Å²) in [6, 6.07) is 5.09. The van der Waals surface area contributed by atoms with E-state index in [4.69, 9.17) is 4.74 Å². The molecule has 1 heterocycles. The first kappa shape index (κ1) is 13.4. The van der Waals surface area contributed by atoms with E-state index in [-0.39, 0.29) is 6.61 Å². The van der Waals surface area contributed by atoms with Gasteiger partial charge in [-0.1, -0.05) is 0 Å². The van der Waals surface area contributed by atoms with Crippen molar-refractivity contribution in [2.45, 2.75) is 19.4 Å². The number of imide groups is 1. The predicted octanol–water partition coefficient (Wildman–Crippen LogP) is 0.751. The van der Waals surface area contributed by atoms with Gasteiger partial charge in [0.15, 0.2) is 6.61 Å². The number of aliphatic hydroxyl groups is 1. The SMILES string of the molecule is CNc1ccc2c(c1)N(C(=O)C(C)(C)O)C(=O)CO2. The van der Waals surface area contributed by atoms with E-state index in [1.807, 2.05) is 0 Å². The Morgan fingerprint density at radius 3 is 2.74 bits per heavy atom. The number of amides is 2. The lowest BCUT2D eigenvalue weighted by molar-refractivity contribution is -0.138. The second kappa shape index (κ2) is 4.55. The lowest BCUT2D eigenvalue weighted by Crippen LogP contribution is -2.51. The maximum atomic E-state index is 12.2. The molecule has 6 nitrogen and oxygen atoms in total. The maximum Gasteiger partial charge on any atom is 0.271 e. The summed E-state index contributed by atoms with van der Waals surface area (Å²) in [5.74, 6) is -0.723. The zero-order valence-electron chi connectivity index (χ0n) is 11.1. The van der Waals surface area contributed by atoms with Gasteiger partial charge in [-0.3, -0.25) is 9.59 Å². The molecule has 0 spiro atoms. The highest BCUT2D eigenvalue weighted by Crippen LogP contribution is 2.35. The molecule has 2 N–H and O–H groups in total. The zero-order valence-corrected chi connectivity index (χ0v) is 11.1. The van der Waals surface area contributed by atoms with Crippen molar-refractivity contribution in [2.75, 3.05) is 23.9 Å². The highest BCUT2D eigenvalue weighted by Gasteiger charge is 2.38. The van der Waals surface area contributed by atoms with Crippen molar-refractivity contribution < 1.29 is 19.4 Å². The average Bonchev–Trinajstić information content (AvgIpc) is 2.36. The summed E-state index contributed by atoms with van der Waals surface area (Å²) < 4.78 is 5.28. The third-order valence-corrected chi connectivity index (χ3v) is 2.82. The van der Waals surface area contributed by atoms with Gasteiger partial charge in [0, 0.05) is 12.7 Å². The van der Waals surface area contributed by atoms with Crippen LogP contribution in [0.4, 0.5) is 11.4 Å². The van der Waals surface area contributed by atoms with Gasteiger partial charge in [-0.15, -0.1) is 0 Å². The van der Waals surface area contributed by atoms with Crippen LogP contribution in [-0.2, 0) is 9.59 Å². The standard InChI is InChI=1S/C13H16N2O4/c1-13(2,18)12(17)15-9-6-8(14-3)4-5-10(9)19-7-11(15)16/h4-6,14,18H,7H2,1-3H3. The molecule has 102 valence electrons. The van der Waals surface area contributed by atoms with Crippen LogP contribution < -0.4 is 15.0 Å². The number of hydrogen-bond donors (Lipinski definition) is 2. The fourth-order valence-electron chi connectivity index (χ4n) is 1.80. The molecule has 0 aliphatic carbocycles. The number of carbonyl (C=O) groups excluding carboxylic acids is 2. The van der Waals surface area contributed by atoms with Crippen LogP contribution in [0.1, 0.15) is 13.8 Å². The molecule has 1 aromatic carbocycles. The van der Waals surface area contributed by atoms with Crippen molar-refractivity contribution in [3.63, 3.8) is 0 Å². The molecule has 1 aliphatic heterocycles. The van der Waals surface area contributed by atoms with E-state index in [1.165, 1.54) is 13.8 Å². The lowest BCUT2D eigenvalue weighted by Gasteiger charge is -2.31. The van der Waals surface area contributed by atoms with Gasteiger partial charge in [0.05, 0.1) is 5.69 Å². The van der Waals surface area contributed by atoms with E-state index in [1.54, 1.807) is 25.2 Å². The van der Waals surface area contributed by atoms with E-state index < -0.39 is 17.4 Å². The smallest absolute Gasteiger partial charge is 0.271 e. The summed E-state index contributed by atoms with van der Waals surface area (Å²) in [6.07, 6.45) is 0. The van der Waals surface area contributed by atoms with E-state index in [9.17, 15) is 14.7 Å². The highest BCUT2D eigenvalue weighted by atomic mass is 16.5. The summed E-state index contributed by atoms with van der Waals surface area (Å²) in [5.41, 5.74) is -0.541. The maximum absolute atomic E-state index is 12.2. The number of carbonyl (C=O) groups is 2. The van der Waals surface area contributed by atoms with Crippen LogP contribution >= 0.6 is 0 Å². The van der Waals surface area contributed by atoms with E-state index in [0.29, 0.717) is 11.4 Å². The minimum absolute atomic E-state index is 0.215. The van der Waals surface area contributed by atoms with Crippen LogP contribution in [0.5, 0.6) is 5.75 Å². The van der Waals surface area contributed by atoms with Crippen LogP contribution in [-0.4, -0.2) is 36.2 Å². The van der Waals surface area contributed by atoms with Crippen molar-refractivity contribution >= 4 is 23.2 Å². The Hall–Kier alpha value is -2.08. The molecule has 0 bridgehead atoms. The van der Waals surface area contributed by atoms with Crippen molar-refractivity contribution in [1.29, 1.82) is 0 Å². The molecular formula is C13H16N2O4. The summed E-state index contributed by atoms with van der Waals surface area (Å²) in [4.78, 5) is 25.0. The van der Waals surface area contributed by atoms with Crippen LogP contribution in [0, 0.1) is 0 Å². The number of hydrogen-bond acceptors (Lipinski definition) is 5. The minimum atomic E-state index is -1.63. The first-order valence-corrected chi connectivity index (χ1v) is 5.89. The molecule has 0 radical (unpaired) electrons. The quantitative estimate of drug-likeness (QED) is 0.824. The Balaban J connectivity index is 2.51. The van der Waals surface area contributed by atoms with E-state index in [0.717, 1.165) is 10.6 Å². The fourth-order valence-corrected chi connectivity index (χ4v) is 1.80. The molecular weight excluding hydrogens is 248 g/mol. The third kappa shape index (κ3) is 2.39. The summed E-state index contributed by atoms with van der Waals surface area (Å²) in [7, 11) is 1.73. The molecule has 0 unspecified atom stereocenters. The van der Waals surface area contributed by atoms with Crippen molar-refractivity contribution in [3.8, 4) is 5.75 Å². The second-order valence-corrected chi connectivity index (χ2v) is 4.81. The van der Waals surface area contributed by atoms with Crippen LogP contribution in [0.25, 0.3) is 0 Å². The third-order valence-electron chi connectivity index (χ3n) is 2.82. The first-order valence-electron chi connectivity index (χ1n) is 5.89. The van der Waals surface area contributed by atoms with Gasteiger partial charge in [0.2, 0.25) is 0 Å². The summed E-state index contributed by atoms with van der Waals surface area (Å²) in [6.45, 7) is 2.48. The molecule has 0 saturated heterocycles. The molecule has 0 atom stereocenters. The average molecular weight is 264 g/mol. The fraction of sp³-hybridized carbons (Fsp3) is 0.385. The van der Waals surface area contributed by atoms with Crippen molar-refractivity contribution in [2.24, 2.45) is 0 Å². The minimum Gasteiger partial charge on any atom is -0.482 e. The van der Waals surface area contributed by atoms with Crippen LogP contribution in [0.2, 0.25) is 0 Å². The lowest BCUT2D eigenvalue weighted by atomic mass is 10.1. The van der Waals surface area contributed by atoms with Gasteiger partial charge in [-0.25, -0.2) is 4.90 Å². The number of nitrogens with zero attached hydrogens (tertiary/aromatic N) is 1. The normalized spacial score (nSPS) is 14.7. The Morgan fingerprint density at radius 1 is 1.47 bits per heavy atom. The van der Waals surface area contributed by atoms with Gasteiger partial charge in [-0.2, -0.15) is 0 Å². The van der Waals surface area contributed by atoms with Crippen LogP contribution in [0.3, 0.4) is 0 Å². The molecule has 19 heavy (non-hydrogen) atoms. The van der Waals surface area contributed by atoms with Gasteiger partial charge in [0.1, 0.15) is 11.4 Å². The number of benzene rings is 1. The Morgan fingerprint density at radius 2 is 2.16 bits per heavy atom. The van der Waals surface area contributed by atoms with Crippen LogP contribution in [0.15, 0.2) is 18.2 Å². The molecule has 1 aliphatic rings. The Bertz CT molecular complexity index is 534. The Labute approximate surface area is 111 Å². The molecule has 1 aromatic rings. The van der Waals surface area contributed by atoms with Gasteiger partial charge in [-0.05, 0) is 32.0 Å². The summed E-state index contributed by atoms with van der Waals surface area (Å²) in [5, 5.41) is 12.7. The monoisotopic (exact) mass is 264 g/mol. The molecule has 0 aromatic heterocycles. The molecule has 2 rings (SSSR count). The van der Waals surface area contributed by atoms with E-state index in [2.05, 4.69) is 5.32 Å². The Kier molecular flexibility index (Phi) is 3.20. The molecule has 0 fully saturated rings. The number of rotatable bonds is 2. The number of ether oxygens (including phenoxy) is 1. The van der Waals surface area contributed by atoms with E-state index >= 15 is 0 Å². The van der Waals surface area contributed by atoms with Crippen molar-refractivity contribution in [1.82, 2.24) is 0 Å². The second-order valence-electron chi connectivity index (χ2n) is 4.81. The highest BCUT2D eigenvalue weighted by molar-refractivity contribution is 6.19. The van der Waals surface area contributed by atoms with Crippen molar-refractivity contribution in [3.05, 3.63) is 18.2 Å². The number of fused-ring (bicyclic) bond motifs is 1. The zero-order chi connectivity index (χ0) is 14.2. The number of nitrogens with one attached hydrogen (secondary N) is 1. The topological polar surface area (TPSA) is 78.9 Å². The largest absolute Gasteiger partial charge is 0.482 e. The van der Waals surface area contributed by atoms with Gasteiger partial charge < -0.3 is 15.2 Å². The number of anilines is 2.